The maximum atomic E-state index is 12.1. The van der Waals surface area contributed by atoms with Gasteiger partial charge in [-0.05, 0) is 44.2 Å². The lowest BCUT2D eigenvalue weighted by molar-refractivity contribution is -0.123. The molecule has 0 aliphatic rings. The van der Waals surface area contributed by atoms with Crippen LogP contribution in [0.4, 0.5) is 5.69 Å². The summed E-state index contributed by atoms with van der Waals surface area (Å²) in [6, 6.07) is 11.6. The monoisotopic (exact) mass is 257 g/mol. The first kappa shape index (κ1) is 13.4. The van der Waals surface area contributed by atoms with E-state index in [1.54, 1.807) is 0 Å². The van der Waals surface area contributed by atoms with Crippen LogP contribution in [0.25, 0.3) is 5.69 Å². The van der Waals surface area contributed by atoms with Gasteiger partial charge >= 0.3 is 0 Å². The lowest BCUT2D eigenvalue weighted by atomic mass is 9.92. The zero-order chi connectivity index (χ0) is 13.9. The minimum Gasteiger partial charge on any atom is -0.329 e. The van der Waals surface area contributed by atoms with Gasteiger partial charge in [-0.3, -0.25) is 4.79 Å². The van der Waals surface area contributed by atoms with Crippen LogP contribution in [0.1, 0.15) is 13.8 Å². The van der Waals surface area contributed by atoms with Crippen molar-refractivity contribution in [2.45, 2.75) is 13.8 Å². The minimum atomic E-state index is -0.566. The molecule has 2 aromatic rings. The van der Waals surface area contributed by atoms with Crippen molar-refractivity contribution < 1.29 is 4.79 Å². The van der Waals surface area contributed by atoms with Crippen molar-refractivity contribution in [1.82, 2.24) is 4.57 Å². The molecule has 0 aliphatic carbocycles. The number of hydrogen-bond donors (Lipinski definition) is 2. The van der Waals surface area contributed by atoms with Gasteiger partial charge in [0, 0.05) is 30.3 Å². The zero-order valence-corrected chi connectivity index (χ0v) is 11.3. The molecule has 1 aromatic heterocycles. The second-order valence-corrected chi connectivity index (χ2v) is 5.18. The van der Waals surface area contributed by atoms with Crippen LogP contribution in [0.5, 0.6) is 0 Å². The summed E-state index contributed by atoms with van der Waals surface area (Å²) in [5.41, 5.74) is 6.82. The molecule has 0 spiro atoms. The summed E-state index contributed by atoms with van der Waals surface area (Å²) in [5.74, 6) is -0.0698. The van der Waals surface area contributed by atoms with E-state index < -0.39 is 5.41 Å². The highest BCUT2D eigenvalue weighted by Crippen LogP contribution is 2.19. The molecule has 0 bridgehead atoms. The van der Waals surface area contributed by atoms with E-state index >= 15 is 0 Å². The quantitative estimate of drug-likeness (QED) is 0.883. The van der Waals surface area contributed by atoms with Gasteiger partial charge in [0.25, 0.3) is 0 Å². The molecule has 0 fully saturated rings. The molecule has 2 rings (SSSR count). The van der Waals surface area contributed by atoms with Gasteiger partial charge in [0.2, 0.25) is 5.91 Å². The van der Waals surface area contributed by atoms with Crippen LogP contribution in [0.2, 0.25) is 0 Å². The van der Waals surface area contributed by atoms with Crippen LogP contribution in [-0.2, 0) is 4.79 Å². The van der Waals surface area contributed by atoms with Crippen LogP contribution in [0, 0.1) is 5.41 Å². The maximum absolute atomic E-state index is 12.1. The summed E-state index contributed by atoms with van der Waals surface area (Å²) in [6.07, 6.45) is 3.93. The van der Waals surface area contributed by atoms with Crippen LogP contribution in [-0.4, -0.2) is 17.0 Å². The molecule has 100 valence electrons. The van der Waals surface area contributed by atoms with E-state index in [2.05, 4.69) is 5.32 Å². The molecule has 0 saturated heterocycles. The van der Waals surface area contributed by atoms with Gasteiger partial charge in [-0.2, -0.15) is 0 Å². The summed E-state index contributed by atoms with van der Waals surface area (Å²) in [6.45, 7) is 3.98. The number of carbonyl (C=O) groups is 1. The Hall–Kier alpha value is -2.07. The van der Waals surface area contributed by atoms with E-state index in [1.807, 2.05) is 67.2 Å². The van der Waals surface area contributed by atoms with E-state index in [9.17, 15) is 4.79 Å². The molecule has 1 heterocycles. The number of anilines is 1. The Bertz CT molecular complexity index is 559. The van der Waals surface area contributed by atoms with E-state index in [-0.39, 0.29) is 5.91 Å². The topological polar surface area (TPSA) is 60.1 Å². The molecule has 0 unspecified atom stereocenters. The number of hydrogen-bond acceptors (Lipinski definition) is 2. The summed E-state index contributed by atoms with van der Waals surface area (Å²) < 4.78 is 1.99. The fourth-order valence-corrected chi connectivity index (χ4v) is 1.64. The lowest BCUT2D eigenvalue weighted by Gasteiger charge is -2.21. The summed E-state index contributed by atoms with van der Waals surface area (Å²) in [7, 11) is 0. The Morgan fingerprint density at radius 3 is 2.58 bits per heavy atom. The Morgan fingerprint density at radius 1 is 1.26 bits per heavy atom. The van der Waals surface area contributed by atoms with Crippen molar-refractivity contribution in [2.75, 3.05) is 11.9 Å². The largest absolute Gasteiger partial charge is 0.329 e. The molecule has 1 aromatic carbocycles. The Balaban J connectivity index is 2.19. The first-order chi connectivity index (χ1) is 9.03. The van der Waals surface area contributed by atoms with Crippen molar-refractivity contribution in [2.24, 2.45) is 11.1 Å². The summed E-state index contributed by atoms with van der Waals surface area (Å²) >= 11 is 0. The average Bonchev–Trinajstić information content (AvgIpc) is 2.93. The summed E-state index contributed by atoms with van der Waals surface area (Å²) in [4.78, 5) is 12.1. The van der Waals surface area contributed by atoms with Crippen LogP contribution in [0.15, 0.2) is 48.8 Å². The van der Waals surface area contributed by atoms with E-state index in [4.69, 9.17) is 5.73 Å². The van der Waals surface area contributed by atoms with E-state index in [1.165, 1.54) is 0 Å². The number of nitrogens with zero attached hydrogens (tertiary/aromatic N) is 1. The van der Waals surface area contributed by atoms with Crippen LogP contribution >= 0.6 is 0 Å². The SMILES string of the molecule is CC(C)(CN)C(=O)Nc1cccc(-n2cccc2)c1. The Labute approximate surface area is 113 Å². The van der Waals surface area contributed by atoms with Gasteiger partial charge in [-0.25, -0.2) is 0 Å². The molecule has 4 heteroatoms. The Kier molecular flexibility index (Phi) is 3.71. The number of rotatable bonds is 4. The zero-order valence-electron chi connectivity index (χ0n) is 11.3. The minimum absolute atomic E-state index is 0.0698. The normalized spacial score (nSPS) is 11.3. The predicted octanol–water partition coefficient (Wildman–Crippen LogP) is 2.40. The van der Waals surface area contributed by atoms with Crippen LogP contribution in [0.3, 0.4) is 0 Å². The third-order valence-electron chi connectivity index (χ3n) is 3.13. The third-order valence-corrected chi connectivity index (χ3v) is 3.13. The molecule has 0 radical (unpaired) electrons. The highest BCUT2D eigenvalue weighted by molar-refractivity contribution is 5.95. The smallest absolute Gasteiger partial charge is 0.231 e. The number of nitrogens with one attached hydrogen (secondary N) is 1. The number of amides is 1. The van der Waals surface area contributed by atoms with Crippen molar-refractivity contribution in [3.05, 3.63) is 48.8 Å². The maximum Gasteiger partial charge on any atom is 0.231 e. The number of benzene rings is 1. The first-order valence-electron chi connectivity index (χ1n) is 6.28. The van der Waals surface area contributed by atoms with E-state index in [0.29, 0.717) is 6.54 Å². The Morgan fingerprint density at radius 2 is 1.95 bits per heavy atom. The van der Waals surface area contributed by atoms with Crippen molar-refractivity contribution in [1.29, 1.82) is 0 Å². The molecule has 3 N–H and O–H groups in total. The van der Waals surface area contributed by atoms with Gasteiger partial charge < -0.3 is 15.6 Å². The van der Waals surface area contributed by atoms with Crippen molar-refractivity contribution in [3.63, 3.8) is 0 Å². The molecule has 0 atom stereocenters. The second kappa shape index (κ2) is 5.28. The number of nitrogens with two attached hydrogens (primary N) is 1. The average molecular weight is 257 g/mol. The predicted molar refractivity (Wildman–Crippen MR) is 77.2 cm³/mol. The number of carbonyl (C=O) groups excluding carboxylic acids is 1. The number of aromatic nitrogens is 1. The third kappa shape index (κ3) is 3.03. The summed E-state index contributed by atoms with van der Waals surface area (Å²) in [5, 5.41) is 2.90. The van der Waals surface area contributed by atoms with Crippen molar-refractivity contribution in [3.8, 4) is 5.69 Å². The van der Waals surface area contributed by atoms with Crippen LogP contribution < -0.4 is 11.1 Å². The lowest BCUT2D eigenvalue weighted by Crippen LogP contribution is -2.37. The van der Waals surface area contributed by atoms with Gasteiger partial charge in [0.1, 0.15) is 0 Å². The molecular formula is C15H19N3O. The highest BCUT2D eigenvalue weighted by Gasteiger charge is 2.25. The molecule has 19 heavy (non-hydrogen) atoms. The molecular weight excluding hydrogens is 238 g/mol. The fourth-order valence-electron chi connectivity index (χ4n) is 1.64. The van der Waals surface area contributed by atoms with Crippen molar-refractivity contribution >= 4 is 11.6 Å². The van der Waals surface area contributed by atoms with E-state index in [0.717, 1.165) is 11.4 Å². The standard InChI is InChI=1S/C15H19N3O/c1-15(2,11-16)14(19)17-12-6-5-7-13(10-12)18-8-3-4-9-18/h3-10H,11,16H2,1-2H3,(H,17,19). The van der Waals surface area contributed by atoms with Gasteiger partial charge in [-0.1, -0.05) is 6.07 Å². The molecule has 4 nitrogen and oxygen atoms in total. The molecule has 0 saturated carbocycles. The first-order valence-corrected chi connectivity index (χ1v) is 6.28. The molecule has 0 aliphatic heterocycles. The van der Waals surface area contributed by atoms with Gasteiger partial charge in [-0.15, -0.1) is 0 Å². The van der Waals surface area contributed by atoms with Gasteiger partial charge in [0.15, 0.2) is 0 Å². The fraction of sp³-hybridized carbons (Fsp3) is 0.267. The van der Waals surface area contributed by atoms with Gasteiger partial charge in [0.05, 0.1) is 5.41 Å². The second-order valence-electron chi connectivity index (χ2n) is 5.18. The highest BCUT2D eigenvalue weighted by atomic mass is 16.2. The molecule has 1 amide bonds.